The lowest BCUT2D eigenvalue weighted by Crippen LogP contribution is -2.12. The highest BCUT2D eigenvalue weighted by Gasteiger charge is 2.16. The normalized spacial score (nSPS) is 10.4. The van der Waals surface area contributed by atoms with Crippen molar-refractivity contribution in [2.75, 3.05) is 10.6 Å². The number of nitrogens with zero attached hydrogens (tertiary/aromatic N) is 1. The number of carbonyl (C=O) groups is 2. The second kappa shape index (κ2) is 7.68. The first kappa shape index (κ1) is 18.1. The van der Waals surface area contributed by atoms with Crippen LogP contribution in [0.2, 0.25) is 5.02 Å². The molecule has 1 heterocycles. The molecular formula is C19H16ClN3O2S. The summed E-state index contributed by atoms with van der Waals surface area (Å²) in [5.74, 6) is -0.411. The number of anilines is 2. The zero-order valence-corrected chi connectivity index (χ0v) is 15.7. The fraction of sp³-hybridized carbons (Fsp3) is 0.105. The van der Waals surface area contributed by atoms with Gasteiger partial charge >= 0.3 is 0 Å². The summed E-state index contributed by atoms with van der Waals surface area (Å²) in [5, 5.41) is 6.89. The second-order valence-electron chi connectivity index (χ2n) is 5.66. The van der Waals surface area contributed by atoms with E-state index in [9.17, 15) is 9.59 Å². The number of benzene rings is 2. The van der Waals surface area contributed by atoms with E-state index in [1.807, 2.05) is 18.2 Å². The highest BCUT2D eigenvalue weighted by atomic mass is 35.5. The van der Waals surface area contributed by atoms with Crippen LogP contribution in [0.4, 0.5) is 11.4 Å². The van der Waals surface area contributed by atoms with Gasteiger partial charge in [-0.1, -0.05) is 29.8 Å². The number of aromatic nitrogens is 1. The molecule has 0 unspecified atom stereocenters. The Morgan fingerprint density at radius 1 is 1.04 bits per heavy atom. The molecule has 0 fully saturated rings. The number of carbonyl (C=O) groups excluding carboxylic acids is 2. The Kier molecular flexibility index (Phi) is 5.35. The van der Waals surface area contributed by atoms with Crippen molar-refractivity contribution in [2.45, 2.75) is 13.8 Å². The summed E-state index contributed by atoms with van der Waals surface area (Å²) >= 11 is 7.34. The van der Waals surface area contributed by atoms with Crippen LogP contribution in [0.15, 0.2) is 48.5 Å². The SMILES string of the molecule is CC(=O)Nc1cccc(NC(=O)c2sc(-c3cccc(Cl)c3)nc2C)c1. The first-order chi connectivity index (χ1) is 12.4. The molecule has 0 aliphatic rings. The summed E-state index contributed by atoms with van der Waals surface area (Å²) in [6.07, 6.45) is 0. The average Bonchev–Trinajstić information content (AvgIpc) is 2.96. The molecule has 3 rings (SSSR count). The van der Waals surface area contributed by atoms with Crippen molar-refractivity contribution in [3.8, 4) is 10.6 Å². The summed E-state index contributed by atoms with van der Waals surface area (Å²) < 4.78 is 0. The molecule has 0 aliphatic heterocycles. The van der Waals surface area contributed by atoms with Crippen LogP contribution in [0.5, 0.6) is 0 Å². The van der Waals surface area contributed by atoms with Gasteiger partial charge in [0.05, 0.1) is 5.69 Å². The highest BCUT2D eigenvalue weighted by Crippen LogP contribution is 2.30. The van der Waals surface area contributed by atoms with E-state index in [0.717, 1.165) is 10.6 Å². The molecule has 0 spiro atoms. The zero-order chi connectivity index (χ0) is 18.7. The van der Waals surface area contributed by atoms with E-state index in [-0.39, 0.29) is 11.8 Å². The van der Waals surface area contributed by atoms with Gasteiger partial charge in [-0.05, 0) is 37.3 Å². The fourth-order valence-electron chi connectivity index (χ4n) is 2.42. The van der Waals surface area contributed by atoms with Crippen molar-refractivity contribution in [2.24, 2.45) is 0 Å². The van der Waals surface area contributed by atoms with Gasteiger partial charge in [0.1, 0.15) is 9.88 Å². The first-order valence-electron chi connectivity index (χ1n) is 7.85. The standard InChI is InChI=1S/C19H16ClN3O2S/c1-11-17(26-19(21-11)13-5-3-6-14(20)9-13)18(25)23-16-8-4-7-15(10-16)22-12(2)24/h3-10H,1-2H3,(H,22,24)(H,23,25). The smallest absolute Gasteiger partial charge is 0.267 e. The van der Waals surface area contributed by atoms with E-state index in [0.29, 0.717) is 27.0 Å². The fourth-order valence-corrected chi connectivity index (χ4v) is 3.57. The first-order valence-corrected chi connectivity index (χ1v) is 9.04. The lowest BCUT2D eigenvalue weighted by molar-refractivity contribution is -0.114. The number of aryl methyl sites for hydroxylation is 1. The minimum Gasteiger partial charge on any atom is -0.326 e. The Hall–Kier alpha value is -2.70. The van der Waals surface area contributed by atoms with Gasteiger partial charge in [-0.3, -0.25) is 9.59 Å². The predicted octanol–water partition coefficient (Wildman–Crippen LogP) is 4.98. The molecule has 0 aliphatic carbocycles. The van der Waals surface area contributed by atoms with E-state index in [1.54, 1.807) is 37.3 Å². The molecule has 2 N–H and O–H groups in total. The molecule has 0 saturated carbocycles. The third-order valence-electron chi connectivity index (χ3n) is 3.52. The van der Waals surface area contributed by atoms with Crippen molar-refractivity contribution in [3.63, 3.8) is 0 Å². The summed E-state index contributed by atoms with van der Waals surface area (Å²) in [6.45, 7) is 3.23. The molecule has 0 radical (unpaired) electrons. The number of nitrogens with one attached hydrogen (secondary N) is 2. The minimum absolute atomic E-state index is 0.169. The maximum Gasteiger partial charge on any atom is 0.267 e. The molecule has 0 atom stereocenters. The van der Waals surface area contributed by atoms with Crippen LogP contribution in [-0.2, 0) is 4.79 Å². The van der Waals surface area contributed by atoms with Gasteiger partial charge in [-0.15, -0.1) is 11.3 Å². The lowest BCUT2D eigenvalue weighted by Gasteiger charge is -2.07. The Morgan fingerprint density at radius 2 is 1.73 bits per heavy atom. The van der Waals surface area contributed by atoms with Gasteiger partial charge in [-0.25, -0.2) is 4.98 Å². The topological polar surface area (TPSA) is 71.1 Å². The molecule has 2 amide bonds. The van der Waals surface area contributed by atoms with Crippen molar-refractivity contribution >= 4 is 46.1 Å². The Labute approximate surface area is 160 Å². The Bertz CT molecular complexity index is 984. The molecule has 26 heavy (non-hydrogen) atoms. The summed E-state index contributed by atoms with van der Waals surface area (Å²) in [6, 6.07) is 14.3. The summed E-state index contributed by atoms with van der Waals surface area (Å²) in [7, 11) is 0. The largest absolute Gasteiger partial charge is 0.326 e. The molecule has 5 nitrogen and oxygen atoms in total. The minimum atomic E-state index is -0.242. The van der Waals surface area contributed by atoms with E-state index in [4.69, 9.17) is 11.6 Å². The van der Waals surface area contributed by atoms with Crippen LogP contribution >= 0.6 is 22.9 Å². The van der Waals surface area contributed by atoms with Gasteiger partial charge in [-0.2, -0.15) is 0 Å². The summed E-state index contributed by atoms with van der Waals surface area (Å²) in [5.41, 5.74) is 2.74. The van der Waals surface area contributed by atoms with Gasteiger partial charge in [0.2, 0.25) is 5.91 Å². The second-order valence-corrected chi connectivity index (χ2v) is 7.10. The number of thiazole rings is 1. The maximum absolute atomic E-state index is 12.6. The molecule has 3 aromatic rings. The van der Waals surface area contributed by atoms with E-state index in [1.165, 1.54) is 18.3 Å². The average molecular weight is 386 g/mol. The molecule has 0 saturated heterocycles. The Morgan fingerprint density at radius 3 is 2.42 bits per heavy atom. The van der Waals surface area contributed by atoms with Crippen molar-refractivity contribution in [1.82, 2.24) is 4.98 Å². The van der Waals surface area contributed by atoms with Crippen molar-refractivity contribution in [1.29, 1.82) is 0 Å². The zero-order valence-electron chi connectivity index (χ0n) is 14.2. The third-order valence-corrected chi connectivity index (χ3v) is 4.96. The van der Waals surface area contributed by atoms with Crippen LogP contribution in [0.1, 0.15) is 22.3 Å². The molecule has 7 heteroatoms. The Balaban J connectivity index is 1.81. The third kappa shape index (κ3) is 4.28. The van der Waals surface area contributed by atoms with Crippen LogP contribution in [0.3, 0.4) is 0 Å². The quantitative estimate of drug-likeness (QED) is 0.665. The monoisotopic (exact) mass is 385 g/mol. The number of hydrogen-bond donors (Lipinski definition) is 2. The highest BCUT2D eigenvalue weighted by molar-refractivity contribution is 7.17. The van der Waals surface area contributed by atoms with Gasteiger partial charge in [0.25, 0.3) is 5.91 Å². The molecule has 1 aromatic heterocycles. The van der Waals surface area contributed by atoms with Gasteiger partial charge in [0.15, 0.2) is 0 Å². The maximum atomic E-state index is 12.6. The molecule has 132 valence electrons. The lowest BCUT2D eigenvalue weighted by atomic mass is 10.2. The van der Waals surface area contributed by atoms with Crippen LogP contribution in [0, 0.1) is 6.92 Å². The van der Waals surface area contributed by atoms with Crippen LogP contribution < -0.4 is 10.6 Å². The molecular weight excluding hydrogens is 370 g/mol. The predicted molar refractivity (Wildman–Crippen MR) is 106 cm³/mol. The van der Waals surface area contributed by atoms with Crippen molar-refractivity contribution in [3.05, 3.63) is 64.1 Å². The molecule has 2 aromatic carbocycles. The van der Waals surface area contributed by atoms with Crippen LogP contribution in [0.25, 0.3) is 10.6 Å². The van der Waals surface area contributed by atoms with Gasteiger partial charge < -0.3 is 10.6 Å². The number of hydrogen-bond acceptors (Lipinski definition) is 4. The number of amides is 2. The number of halogens is 1. The van der Waals surface area contributed by atoms with E-state index in [2.05, 4.69) is 15.6 Å². The van der Waals surface area contributed by atoms with Crippen molar-refractivity contribution < 1.29 is 9.59 Å². The number of rotatable bonds is 4. The van der Waals surface area contributed by atoms with E-state index >= 15 is 0 Å². The van der Waals surface area contributed by atoms with Gasteiger partial charge in [0, 0.05) is 28.9 Å². The van der Waals surface area contributed by atoms with E-state index < -0.39 is 0 Å². The summed E-state index contributed by atoms with van der Waals surface area (Å²) in [4.78, 5) is 28.8. The molecule has 0 bridgehead atoms. The van der Waals surface area contributed by atoms with Crippen LogP contribution in [-0.4, -0.2) is 16.8 Å².